The second-order valence-electron chi connectivity index (χ2n) is 7.84. The van der Waals surface area contributed by atoms with E-state index in [0.29, 0.717) is 38.2 Å². The van der Waals surface area contributed by atoms with Crippen LogP contribution in [0.4, 0.5) is 0 Å². The molecule has 6 nitrogen and oxygen atoms in total. The first-order chi connectivity index (χ1) is 15.9. The molecule has 5 rings (SSSR count). The largest absolute Gasteiger partial charge is 0.269 e. The van der Waals surface area contributed by atoms with Gasteiger partial charge in [0.25, 0.3) is 11.1 Å². The predicted molar refractivity (Wildman–Crippen MR) is 133 cm³/mol. The molecule has 33 heavy (non-hydrogen) atoms. The topological polar surface area (TPSA) is 69.3 Å². The van der Waals surface area contributed by atoms with Gasteiger partial charge in [0.15, 0.2) is 5.16 Å². The highest BCUT2D eigenvalue weighted by molar-refractivity contribution is 7.98. The quantitative estimate of drug-likeness (QED) is 0.272. The summed E-state index contributed by atoms with van der Waals surface area (Å²) in [6.07, 6.45) is 1.72. The Morgan fingerprint density at radius 1 is 0.939 bits per heavy atom. The Bertz CT molecular complexity index is 1660. The third-order valence-corrected chi connectivity index (χ3v) is 6.49. The number of fused-ring (bicyclic) bond motifs is 2. The van der Waals surface area contributed by atoms with Gasteiger partial charge in [-0.1, -0.05) is 35.5 Å². The molecule has 0 amide bonds. The summed E-state index contributed by atoms with van der Waals surface area (Å²) in [7, 11) is 0. The Labute approximate surface area is 198 Å². The zero-order chi connectivity index (χ0) is 23.1. The lowest BCUT2D eigenvalue weighted by molar-refractivity contribution is 0.818. The summed E-state index contributed by atoms with van der Waals surface area (Å²) < 4.78 is 3.12. The lowest BCUT2D eigenvalue weighted by Crippen LogP contribution is -2.22. The molecule has 0 unspecified atom stereocenters. The molecule has 0 atom stereocenters. The lowest BCUT2D eigenvalue weighted by Gasteiger charge is -2.14. The second-order valence-corrected chi connectivity index (χ2v) is 9.22. The van der Waals surface area contributed by atoms with E-state index in [2.05, 4.69) is 4.98 Å². The smallest absolute Gasteiger partial charge is 0.266 e. The van der Waals surface area contributed by atoms with Crippen LogP contribution in [-0.2, 0) is 5.75 Å². The third kappa shape index (κ3) is 4.17. The SMILES string of the molecule is Cc1cccc(-n2c(SCc3cc(=O)n4ccc(C)cc4n3)nc3cc(Cl)ccc3c2=O)c1. The molecule has 3 heterocycles. The fourth-order valence-electron chi connectivity index (χ4n) is 3.70. The Morgan fingerprint density at radius 3 is 2.58 bits per heavy atom. The van der Waals surface area contributed by atoms with Crippen molar-refractivity contribution in [3.63, 3.8) is 0 Å². The number of hydrogen-bond donors (Lipinski definition) is 0. The first kappa shape index (κ1) is 21.4. The maximum Gasteiger partial charge on any atom is 0.266 e. The molecule has 0 aliphatic carbocycles. The summed E-state index contributed by atoms with van der Waals surface area (Å²) >= 11 is 7.51. The fraction of sp³-hybridized carbons (Fsp3) is 0.120. The number of benzene rings is 2. The van der Waals surface area contributed by atoms with E-state index in [1.165, 1.54) is 22.2 Å². The summed E-state index contributed by atoms with van der Waals surface area (Å²) in [4.78, 5) is 35.4. The number of aromatic nitrogens is 4. The Hall–Kier alpha value is -3.42. The highest BCUT2D eigenvalue weighted by Crippen LogP contribution is 2.25. The average molecular weight is 475 g/mol. The van der Waals surface area contributed by atoms with Gasteiger partial charge in [0.05, 0.1) is 22.3 Å². The van der Waals surface area contributed by atoms with E-state index in [9.17, 15) is 9.59 Å². The lowest BCUT2D eigenvalue weighted by atomic mass is 10.2. The van der Waals surface area contributed by atoms with Crippen molar-refractivity contribution in [3.05, 3.63) is 109 Å². The van der Waals surface area contributed by atoms with Gasteiger partial charge in [-0.3, -0.25) is 18.6 Å². The third-order valence-electron chi connectivity index (χ3n) is 5.29. The maximum atomic E-state index is 13.4. The average Bonchev–Trinajstić information content (AvgIpc) is 2.77. The van der Waals surface area contributed by atoms with Crippen LogP contribution in [0.2, 0.25) is 5.02 Å². The first-order valence-electron chi connectivity index (χ1n) is 10.3. The molecule has 0 spiro atoms. The molecule has 0 saturated carbocycles. The molecule has 0 fully saturated rings. The number of thioether (sulfide) groups is 1. The van der Waals surface area contributed by atoms with Crippen LogP contribution in [0.15, 0.2) is 81.6 Å². The summed E-state index contributed by atoms with van der Waals surface area (Å²) in [6, 6.07) is 18.0. The van der Waals surface area contributed by atoms with Crippen LogP contribution >= 0.6 is 23.4 Å². The van der Waals surface area contributed by atoms with E-state index in [1.54, 1.807) is 29.0 Å². The van der Waals surface area contributed by atoms with E-state index < -0.39 is 0 Å². The van der Waals surface area contributed by atoms with E-state index >= 15 is 0 Å². The van der Waals surface area contributed by atoms with Crippen LogP contribution in [0.1, 0.15) is 16.8 Å². The van der Waals surface area contributed by atoms with E-state index in [-0.39, 0.29) is 11.1 Å². The summed E-state index contributed by atoms with van der Waals surface area (Å²) in [5.74, 6) is 0.379. The van der Waals surface area contributed by atoms with Gasteiger partial charge < -0.3 is 0 Å². The van der Waals surface area contributed by atoms with Crippen LogP contribution in [0.3, 0.4) is 0 Å². The van der Waals surface area contributed by atoms with Crippen LogP contribution in [0.25, 0.3) is 22.2 Å². The highest BCUT2D eigenvalue weighted by Gasteiger charge is 2.15. The van der Waals surface area contributed by atoms with Gasteiger partial charge in [-0.15, -0.1) is 0 Å². The van der Waals surface area contributed by atoms with Gasteiger partial charge in [-0.2, -0.15) is 0 Å². The van der Waals surface area contributed by atoms with Crippen molar-refractivity contribution < 1.29 is 0 Å². The molecule has 0 saturated heterocycles. The molecule has 0 bridgehead atoms. The number of nitrogens with zero attached hydrogens (tertiary/aromatic N) is 4. The molecular weight excluding hydrogens is 456 g/mol. The van der Waals surface area contributed by atoms with Crippen molar-refractivity contribution in [2.75, 3.05) is 0 Å². The van der Waals surface area contributed by atoms with Crippen molar-refractivity contribution >= 4 is 39.9 Å². The van der Waals surface area contributed by atoms with Gasteiger partial charge in [-0.25, -0.2) is 9.97 Å². The van der Waals surface area contributed by atoms with Crippen molar-refractivity contribution in [1.82, 2.24) is 18.9 Å². The van der Waals surface area contributed by atoms with Crippen molar-refractivity contribution in [1.29, 1.82) is 0 Å². The van der Waals surface area contributed by atoms with Crippen molar-refractivity contribution in [3.8, 4) is 5.69 Å². The summed E-state index contributed by atoms with van der Waals surface area (Å²) in [5.41, 5.74) is 4.20. The Kier molecular flexibility index (Phi) is 5.52. The zero-order valence-electron chi connectivity index (χ0n) is 17.9. The van der Waals surface area contributed by atoms with E-state index in [4.69, 9.17) is 16.6 Å². The molecule has 8 heteroatoms. The normalized spacial score (nSPS) is 11.4. The molecule has 2 aromatic carbocycles. The van der Waals surface area contributed by atoms with Gasteiger partial charge >= 0.3 is 0 Å². The van der Waals surface area contributed by atoms with E-state index in [1.807, 2.05) is 50.2 Å². The van der Waals surface area contributed by atoms with Crippen LogP contribution in [0, 0.1) is 13.8 Å². The molecule has 5 aromatic rings. The minimum Gasteiger partial charge on any atom is -0.269 e. The van der Waals surface area contributed by atoms with Gasteiger partial charge in [0.2, 0.25) is 0 Å². The predicted octanol–water partition coefficient (Wildman–Crippen LogP) is 4.96. The van der Waals surface area contributed by atoms with Gasteiger partial charge in [0, 0.05) is 23.0 Å². The minimum atomic E-state index is -0.174. The Morgan fingerprint density at radius 2 is 1.76 bits per heavy atom. The van der Waals surface area contributed by atoms with Crippen molar-refractivity contribution in [2.45, 2.75) is 24.8 Å². The molecule has 164 valence electrons. The minimum absolute atomic E-state index is 0.148. The fourth-order valence-corrected chi connectivity index (χ4v) is 4.77. The molecule has 0 radical (unpaired) electrons. The highest BCUT2D eigenvalue weighted by atomic mass is 35.5. The monoisotopic (exact) mass is 474 g/mol. The Balaban J connectivity index is 1.63. The van der Waals surface area contributed by atoms with Gasteiger partial charge in [-0.05, 0) is 67.4 Å². The van der Waals surface area contributed by atoms with Gasteiger partial charge in [0.1, 0.15) is 5.65 Å². The first-order valence-corrected chi connectivity index (χ1v) is 11.7. The number of rotatable bonds is 4. The standard InChI is InChI=1S/C25H19ClN4O2S/c1-15-4-3-5-19(10-15)30-24(32)20-7-6-17(26)12-21(20)28-25(30)33-14-18-13-23(31)29-9-8-16(2)11-22(29)27-18/h3-13H,14H2,1-2H3. The molecule has 0 N–H and O–H groups in total. The molecule has 3 aromatic heterocycles. The number of pyridine rings is 1. The molecular formula is C25H19ClN4O2S. The van der Waals surface area contributed by atoms with E-state index in [0.717, 1.165) is 16.8 Å². The number of aryl methyl sites for hydroxylation is 2. The van der Waals surface area contributed by atoms with Crippen molar-refractivity contribution in [2.24, 2.45) is 0 Å². The van der Waals surface area contributed by atoms with Crippen LogP contribution < -0.4 is 11.1 Å². The maximum absolute atomic E-state index is 13.4. The molecule has 0 aliphatic rings. The van der Waals surface area contributed by atoms with Crippen LogP contribution in [-0.4, -0.2) is 18.9 Å². The molecule has 0 aliphatic heterocycles. The summed E-state index contributed by atoms with van der Waals surface area (Å²) in [6.45, 7) is 3.93. The second kappa shape index (κ2) is 8.50. The number of halogens is 1. The zero-order valence-corrected chi connectivity index (χ0v) is 19.5. The number of hydrogen-bond acceptors (Lipinski definition) is 5. The summed E-state index contributed by atoms with van der Waals surface area (Å²) in [5, 5.41) is 1.51. The van der Waals surface area contributed by atoms with Crippen LogP contribution in [0.5, 0.6) is 0 Å².